The maximum atomic E-state index is 3.62. The van der Waals surface area contributed by atoms with E-state index >= 15 is 0 Å². The van der Waals surface area contributed by atoms with Gasteiger partial charge in [0, 0.05) is 10.5 Å². The molecule has 0 aliphatic carbocycles. The van der Waals surface area contributed by atoms with Crippen molar-refractivity contribution in [3.8, 4) is 0 Å². The lowest BCUT2D eigenvalue weighted by atomic mass is 9.92. The number of hydrogen-bond acceptors (Lipinski definition) is 1. The predicted molar refractivity (Wildman–Crippen MR) is 84.0 cm³/mol. The maximum Gasteiger partial charge on any atom is 0.0323 e. The van der Waals surface area contributed by atoms with E-state index in [4.69, 9.17) is 0 Å². The molecule has 1 aromatic carbocycles. The van der Waals surface area contributed by atoms with Crippen molar-refractivity contribution in [1.29, 1.82) is 0 Å². The van der Waals surface area contributed by atoms with E-state index in [0.29, 0.717) is 6.04 Å². The minimum absolute atomic E-state index is 0.479. The van der Waals surface area contributed by atoms with Gasteiger partial charge in [-0.15, -0.1) is 0 Å². The zero-order chi connectivity index (χ0) is 13.5. The summed E-state index contributed by atoms with van der Waals surface area (Å²) < 4.78 is 1.18. The first-order valence-corrected chi connectivity index (χ1v) is 7.86. The largest absolute Gasteiger partial charge is 0.310 e. The second-order valence-electron chi connectivity index (χ2n) is 5.30. The zero-order valence-electron chi connectivity index (χ0n) is 12.1. The number of halogens is 1. The second kappa shape index (κ2) is 7.96. The monoisotopic (exact) mass is 311 g/mol. The molecule has 2 atom stereocenters. The van der Waals surface area contributed by atoms with Crippen LogP contribution in [-0.4, -0.2) is 6.54 Å². The molecule has 18 heavy (non-hydrogen) atoms. The Kier molecular flexibility index (Phi) is 6.95. The minimum atomic E-state index is 0.479. The van der Waals surface area contributed by atoms with Crippen LogP contribution in [0.25, 0.3) is 0 Å². The van der Waals surface area contributed by atoms with Gasteiger partial charge in [-0.3, -0.25) is 0 Å². The highest BCUT2D eigenvalue weighted by Gasteiger charge is 2.14. The van der Waals surface area contributed by atoms with Gasteiger partial charge < -0.3 is 5.32 Å². The molecule has 1 nitrogen and oxygen atoms in total. The summed E-state index contributed by atoms with van der Waals surface area (Å²) in [5, 5.41) is 3.62. The van der Waals surface area contributed by atoms with Crippen molar-refractivity contribution in [3.05, 3.63) is 33.8 Å². The molecule has 0 aromatic heterocycles. The smallest absolute Gasteiger partial charge is 0.0323 e. The van der Waals surface area contributed by atoms with Gasteiger partial charge in [0.15, 0.2) is 0 Å². The lowest BCUT2D eigenvalue weighted by Gasteiger charge is -2.23. The Balaban J connectivity index is 2.82. The molecule has 1 N–H and O–H groups in total. The molecule has 1 rings (SSSR count). The van der Waals surface area contributed by atoms with Gasteiger partial charge in [0.25, 0.3) is 0 Å². The third-order valence-electron chi connectivity index (χ3n) is 3.34. The molecule has 2 unspecified atom stereocenters. The zero-order valence-corrected chi connectivity index (χ0v) is 13.7. The molecule has 0 aliphatic rings. The van der Waals surface area contributed by atoms with Crippen molar-refractivity contribution in [2.24, 2.45) is 5.92 Å². The fourth-order valence-electron chi connectivity index (χ4n) is 2.56. The fraction of sp³-hybridized carbons (Fsp3) is 0.625. The Hall–Kier alpha value is -0.340. The van der Waals surface area contributed by atoms with Crippen LogP contribution in [0.2, 0.25) is 0 Å². The minimum Gasteiger partial charge on any atom is -0.310 e. The van der Waals surface area contributed by atoms with Gasteiger partial charge in [-0.1, -0.05) is 55.6 Å². The Morgan fingerprint density at radius 3 is 2.50 bits per heavy atom. The summed E-state index contributed by atoms with van der Waals surface area (Å²) in [5.74, 6) is 0.776. The quantitative estimate of drug-likeness (QED) is 0.726. The van der Waals surface area contributed by atoms with Crippen LogP contribution < -0.4 is 5.32 Å². The Bertz CT molecular complexity index is 342. The predicted octanol–water partition coefficient (Wildman–Crippen LogP) is 5.23. The van der Waals surface area contributed by atoms with Gasteiger partial charge in [0.1, 0.15) is 0 Å². The van der Waals surface area contributed by atoms with Gasteiger partial charge in [-0.25, -0.2) is 0 Å². The van der Waals surface area contributed by atoms with Crippen LogP contribution in [0.5, 0.6) is 0 Å². The van der Waals surface area contributed by atoms with E-state index in [2.05, 4.69) is 67.1 Å². The molecule has 0 radical (unpaired) electrons. The molecular formula is C16H26BrN. The van der Waals surface area contributed by atoms with Crippen molar-refractivity contribution >= 4 is 15.9 Å². The van der Waals surface area contributed by atoms with E-state index in [1.54, 1.807) is 0 Å². The van der Waals surface area contributed by atoms with Crippen molar-refractivity contribution in [1.82, 2.24) is 5.32 Å². The first-order valence-electron chi connectivity index (χ1n) is 7.07. The molecule has 0 saturated carbocycles. The topological polar surface area (TPSA) is 12.0 Å². The van der Waals surface area contributed by atoms with E-state index < -0.39 is 0 Å². The van der Waals surface area contributed by atoms with Gasteiger partial charge in [-0.05, 0) is 49.1 Å². The molecule has 102 valence electrons. The summed E-state index contributed by atoms with van der Waals surface area (Å²) >= 11 is 3.60. The summed E-state index contributed by atoms with van der Waals surface area (Å²) in [7, 11) is 0. The third-order valence-corrected chi connectivity index (χ3v) is 3.79. The van der Waals surface area contributed by atoms with Gasteiger partial charge >= 0.3 is 0 Å². The van der Waals surface area contributed by atoms with Crippen molar-refractivity contribution in [2.75, 3.05) is 6.54 Å². The van der Waals surface area contributed by atoms with E-state index in [1.165, 1.54) is 34.9 Å². The number of nitrogens with one attached hydrogen (secondary N) is 1. The molecule has 0 heterocycles. The van der Waals surface area contributed by atoms with E-state index in [9.17, 15) is 0 Å². The normalized spacial score (nSPS) is 14.5. The number of rotatable bonds is 7. The average Bonchev–Trinajstić information content (AvgIpc) is 2.27. The summed E-state index contributed by atoms with van der Waals surface area (Å²) in [6.45, 7) is 9.99. The molecule has 0 saturated heterocycles. The SMILES string of the molecule is CCCC(C)CC(NCC)c1cc(C)cc(Br)c1. The van der Waals surface area contributed by atoms with Gasteiger partial charge in [-0.2, -0.15) is 0 Å². The highest BCUT2D eigenvalue weighted by atomic mass is 79.9. The third kappa shape index (κ3) is 5.11. The highest BCUT2D eigenvalue weighted by Crippen LogP contribution is 2.27. The summed E-state index contributed by atoms with van der Waals surface area (Å²) in [6.07, 6.45) is 3.81. The first-order chi connectivity index (χ1) is 8.56. The van der Waals surface area contributed by atoms with Crippen molar-refractivity contribution in [3.63, 3.8) is 0 Å². The molecule has 0 amide bonds. The highest BCUT2D eigenvalue weighted by molar-refractivity contribution is 9.10. The lowest BCUT2D eigenvalue weighted by molar-refractivity contribution is 0.395. The van der Waals surface area contributed by atoms with E-state index in [-0.39, 0.29) is 0 Å². The average molecular weight is 312 g/mol. The van der Waals surface area contributed by atoms with Crippen LogP contribution in [0, 0.1) is 12.8 Å². The number of hydrogen-bond donors (Lipinski definition) is 1. The molecule has 0 spiro atoms. The number of benzene rings is 1. The van der Waals surface area contributed by atoms with Crippen LogP contribution in [0.1, 0.15) is 57.2 Å². The lowest BCUT2D eigenvalue weighted by Crippen LogP contribution is -2.23. The molecule has 2 heteroatoms. The fourth-order valence-corrected chi connectivity index (χ4v) is 3.19. The number of aryl methyl sites for hydroxylation is 1. The van der Waals surface area contributed by atoms with Crippen LogP contribution in [0.4, 0.5) is 0 Å². The van der Waals surface area contributed by atoms with Crippen molar-refractivity contribution in [2.45, 2.75) is 53.0 Å². The Morgan fingerprint density at radius 2 is 1.94 bits per heavy atom. The van der Waals surface area contributed by atoms with Gasteiger partial charge in [0.2, 0.25) is 0 Å². The van der Waals surface area contributed by atoms with Crippen LogP contribution in [-0.2, 0) is 0 Å². The Labute approximate surface area is 120 Å². The van der Waals surface area contributed by atoms with Gasteiger partial charge in [0.05, 0.1) is 0 Å². The standard InChI is InChI=1S/C16H26BrN/c1-5-7-12(3)10-16(18-6-2)14-8-13(4)9-15(17)11-14/h8-9,11-12,16,18H,5-7,10H2,1-4H3. The van der Waals surface area contributed by atoms with Crippen molar-refractivity contribution < 1.29 is 0 Å². The van der Waals surface area contributed by atoms with E-state index in [1.807, 2.05) is 0 Å². The Morgan fingerprint density at radius 1 is 1.22 bits per heavy atom. The first kappa shape index (κ1) is 15.7. The van der Waals surface area contributed by atoms with Crippen LogP contribution in [0.3, 0.4) is 0 Å². The molecule has 0 aliphatic heterocycles. The summed E-state index contributed by atoms with van der Waals surface area (Å²) in [4.78, 5) is 0. The second-order valence-corrected chi connectivity index (χ2v) is 6.22. The molecular weight excluding hydrogens is 286 g/mol. The summed E-state index contributed by atoms with van der Waals surface area (Å²) in [6, 6.07) is 7.20. The summed E-state index contributed by atoms with van der Waals surface area (Å²) in [5.41, 5.74) is 2.73. The van der Waals surface area contributed by atoms with E-state index in [0.717, 1.165) is 12.5 Å². The molecule has 1 aromatic rings. The van der Waals surface area contributed by atoms with Crippen LogP contribution >= 0.6 is 15.9 Å². The van der Waals surface area contributed by atoms with Crippen LogP contribution in [0.15, 0.2) is 22.7 Å². The molecule has 0 bridgehead atoms. The maximum absolute atomic E-state index is 3.62. The molecule has 0 fully saturated rings.